The minimum Gasteiger partial charge on any atom is -0.390 e. The molecule has 3 atom stereocenters. The molecule has 1 aromatic carbocycles. The van der Waals surface area contributed by atoms with Crippen LogP contribution in [0, 0.1) is 5.92 Å². The number of para-hydroxylation sites is 1. The van der Waals surface area contributed by atoms with Crippen molar-refractivity contribution in [1.29, 1.82) is 0 Å². The zero-order valence-corrected chi connectivity index (χ0v) is 14.6. The zero-order chi connectivity index (χ0) is 16.9. The van der Waals surface area contributed by atoms with Crippen molar-refractivity contribution < 1.29 is 14.6 Å². The second kappa shape index (κ2) is 8.12. The Morgan fingerprint density at radius 1 is 1.33 bits per heavy atom. The third-order valence-electron chi connectivity index (χ3n) is 4.84. The number of rotatable bonds is 7. The average Bonchev–Trinajstić information content (AvgIpc) is 2.95. The molecule has 3 rings (SSSR count). The predicted molar refractivity (Wildman–Crippen MR) is 95.0 cm³/mol. The van der Waals surface area contributed by atoms with E-state index < -0.39 is 6.10 Å². The van der Waals surface area contributed by atoms with Crippen LogP contribution in [-0.4, -0.2) is 48.7 Å². The minimum absolute atomic E-state index is 0.0627. The number of methoxy groups -OCH3 is 1. The molecular weight excluding hydrogens is 304 g/mol. The van der Waals surface area contributed by atoms with Crippen molar-refractivity contribution >= 4 is 10.9 Å². The Kier molecular flexibility index (Phi) is 5.89. The molecular formula is C19H28N2O3. The molecule has 0 radical (unpaired) electrons. The summed E-state index contributed by atoms with van der Waals surface area (Å²) in [7, 11) is 1.62. The first-order valence-corrected chi connectivity index (χ1v) is 8.80. The van der Waals surface area contributed by atoms with Crippen LogP contribution in [0.1, 0.15) is 18.9 Å². The number of fused-ring (bicyclic) bond motifs is 1. The van der Waals surface area contributed by atoms with Gasteiger partial charge in [-0.25, -0.2) is 0 Å². The number of hydrogen-bond donors (Lipinski definition) is 2. The SMILES string of the molecule is CCCn1cc(CNC[C@@H]2COC[C@@H](OC)[C@H]2O)c2ccccc21. The molecule has 0 aliphatic carbocycles. The van der Waals surface area contributed by atoms with Crippen LogP contribution >= 0.6 is 0 Å². The number of nitrogens with zero attached hydrogens (tertiary/aromatic N) is 1. The van der Waals surface area contributed by atoms with Gasteiger partial charge in [-0.05, 0) is 18.1 Å². The van der Waals surface area contributed by atoms with Crippen molar-refractivity contribution in [2.75, 3.05) is 26.9 Å². The number of hydrogen-bond acceptors (Lipinski definition) is 4. The van der Waals surface area contributed by atoms with Crippen LogP contribution in [0.3, 0.4) is 0 Å². The van der Waals surface area contributed by atoms with Gasteiger partial charge in [0.1, 0.15) is 6.10 Å². The zero-order valence-electron chi connectivity index (χ0n) is 14.6. The molecule has 5 heteroatoms. The normalized spacial score (nSPS) is 24.5. The van der Waals surface area contributed by atoms with Crippen LogP contribution in [0.25, 0.3) is 10.9 Å². The fourth-order valence-electron chi connectivity index (χ4n) is 3.51. The lowest BCUT2D eigenvalue weighted by molar-refractivity contribution is -0.133. The van der Waals surface area contributed by atoms with E-state index in [9.17, 15) is 5.11 Å². The van der Waals surface area contributed by atoms with Crippen molar-refractivity contribution in [3.63, 3.8) is 0 Å². The van der Waals surface area contributed by atoms with Gasteiger partial charge < -0.3 is 24.5 Å². The van der Waals surface area contributed by atoms with Gasteiger partial charge in [-0.2, -0.15) is 0 Å². The number of aromatic nitrogens is 1. The van der Waals surface area contributed by atoms with Gasteiger partial charge in [0.25, 0.3) is 0 Å². The first-order valence-electron chi connectivity index (χ1n) is 8.80. The standard InChI is InChI=1S/C19H28N2O3/c1-3-8-21-11-14(16-6-4-5-7-17(16)21)9-20-10-15-12-24-13-18(23-2)19(15)22/h4-7,11,15,18-20,22H,3,8-10,12-13H2,1-2H3/t15-,18-,19+/m1/s1. The molecule has 1 aliphatic rings. The Hall–Kier alpha value is -1.40. The topological polar surface area (TPSA) is 55.7 Å². The van der Waals surface area contributed by atoms with Gasteiger partial charge in [0.15, 0.2) is 0 Å². The summed E-state index contributed by atoms with van der Waals surface area (Å²) in [5.74, 6) is 0.0627. The van der Waals surface area contributed by atoms with Crippen LogP contribution in [-0.2, 0) is 22.6 Å². The van der Waals surface area contributed by atoms with Crippen molar-refractivity contribution in [3.05, 3.63) is 36.0 Å². The van der Waals surface area contributed by atoms with E-state index in [0.29, 0.717) is 19.8 Å². The van der Waals surface area contributed by atoms with Gasteiger partial charge in [-0.15, -0.1) is 0 Å². The lowest BCUT2D eigenvalue weighted by Crippen LogP contribution is -2.48. The second-order valence-corrected chi connectivity index (χ2v) is 6.56. The number of nitrogens with one attached hydrogen (secondary N) is 1. The molecule has 0 amide bonds. The summed E-state index contributed by atoms with van der Waals surface area (Å²) in [5, 5.41) is 15.1. The Morgan fingerprint density at radius 3 is 2.96 bits per heavy atom. The Labute approximate surface area is 143 Å². The molecule has 0 unspecified atom stereocenters. The van der Waals surface area contributed by atoms with Crippen molar-refractivity contribution in [3.8, 4) is 0 Å². The van der Waals surface area contributed by atoms with Crippen molar-refractivity contribution in [2.24, 2.45) is 5.92 Å². The lowest BCUT2D eigenvalue weighted by atomic mass is 9.96. The minimum atomic E-state index is -0.474. The molecule has 1 aromatic heterocycles. The summed E-state index contributed by atoms with van der Waals surface area (Å²) in [5.41, 5.74) is 2.59. The molecule has 132 valence electrons. The highest BCUT2D eigenvalue weighted by Crippen LogP contribution is 2.22. The Morgan fingerprint density at radius 2 is 2.17 bits per heavy atom. The maximum absolute atomic E-state index is 10.3. The van der Waals surface area contributed by atoms with Gasteiger partial charge in [0, 0.05) is 49.8 Å². The maximum atomic E-state index is 10.3. The second-order valence-electron chi connectivity index (χ2n) is 6.56. The summed E-state index contributed by atoms with van der Waals surface area (Å²) in [6, 6.07) is 8.53. The smallest absolute Gasteiger partial charge is 0.107 e. The first-order chi connectivity index (χ1) is 11.7. The number of ether oxygens (including phenoxy) is 2. The molecule has 2 heterocycles. The summed E-state index contributed by atoms with van der Waals surface area (Å²) >= 11 is 0. The van der Waals surface area contributed by atoms with E-state index in [2.05, 4.69) is 47.3 Å². The molecule has 2 N–H and O–H groups in total. The first kappa shape index (κ1) is 17.4. The molecule has 0 spiro atoms. The summed E-state index contributed by atoms with van der Waals surface area (Å²) in [4.78, 5) is 0. The molecule has 1 aliphatic heterocycles. The predicted octanol–water partition coefficient (Wildman–Crippen LogP) is 2.16. The van der Waals surface area contributed by atoms with Crippen molar-refractivity contribution in [2.45, 2.75) is 38.6 Å². The van der Waals surface area contributed by atoms with Crippen LogP contribution in [0.4, 0.5) is 0 Å². The van der Waals surface area contributed by atoms with Crippen molar-refractivity contribution in [1.82, 2.24) is 9.88 Å². The van der Waals surface area contributed by atoms with Gasteiger partial charge in [-0.1, -0.05) is 25.1 Å². The van der Waals surface area contributed by atoms with E-state index in [1.807, 2.05) is 0 Å². The van der Waals surface area contributed by atoms with E-state index in [-0.39, 0.29) is 12.0 Å². The summed E-state index contributed by atoms with van der Waals surface area (Å²) < 4.78 is 13.1. The Balaban J connectivity index is 1.63. The van der Waals surface area contributed by atoms with Gasteiger partial charge in [0.2, 0.25) is 0 Å². The fourth-order valence-corrected chi connectivity index (χ4v) is 3.51. The van der Waals surface area contributed by atoms with Gasteiger partial charge in [0.05, 0.1) is 19.3 Å². The van der Waals surface area contributed by atoms with Gasteiger partial charge >= 0.3 is 0 Å². The molecule has 1 fully saturated rings. The van der Waals surface area contributed by atoms with Gasteiger partial charge in [-0.3, -0.25) is 0 Å². The van der Waals surface area contributed by atoms with Crippen LogP contribution in [0.2, 0.25) is 0 Å². The molecule has 0 saturated carbocycles. The number of benzene rings is 1. The average molecular weight is 332 g/mol. The lowest BCUT2D eigenvalue weighted by Gasteiger charge is -2.33. The molecule has 1 saturated heterocycles. The van der Waals surface area contributed by atoms with E-state index in [0.717, 1.165) is 19.5 Å². The van der Waals surface area contributed by atoms with Crippen LogP contribution in [0.15, 0.2) is 30.5 Å². The van der Waals surface area contributed by atoms with Crippen LogP contribution < -0.4 is 5.32 Å². The van der Waals surface area contributed by atoms with E-state index >= 15 is 0 Å². The molecule has 0 bridgehead atoms. The number of aliphatic hydroxyl groups is 1. The fraction of sp³-hybridized carbons (Fsp3) is 0.579. The number of aryl methyl sites for hydroxylation is 1. The molecule has 2 aromatic rings. The monoisotopic (exact) mass is 332 g/mol. The molecule has 5 nitrogen and oxygen atoms in total. The summed E-state index contributed by atoms with van der Waals surface area (Å²) in [6.07, 6.45) is 2.66. The largest absolute Gasteiger partial charge is 0.390 e. The third kappa shape index (κ3) is 3.64. The summed E-state index contributed by atoms with van der Waals surface area (Å²) in [6.45, 7) is 5.78. The van der Waals surface area contributed by atoms with E-state index in [1.165, 1.54) is 16.5 Å². The Bertz CT molecular complexity index is 655. The quantitative estimate of drug-likeness (QED) is 0.816. The highest BCUT2D eigenvalue weighted by atomic mass is 16.5. The van der Waals surface area contributed by atoms with E-state index in [1.54, 1.807) is 7.11 Å². The highest BCUT2D eigenvalue weighted by Gasteiger charge is 2.32. The highest BCUT2D eigenvalue weighted by molar-refractivity contribution is 5.83. The maximum Gasteiger partial charge on any atom is 0.107 e. The van der Waals surface area contributed by atoms with E-state index in [4.69, 9.17) is 9.47 Å². The number of aliphatic hydroxyl groups excluding tert-OH is 1. The van der Waals surface area contributed by atoms with Crippen LogP contribution in [0.5, 0.6) is 0 Å². The third-order valence-corrected chi connectivity index (χ3v) is 4.84. The molecule has 24 heavy (non-hydrogen) atoms.